The highest BCUT2D eigenvalue weighted by molar-refractivity contribution is 4.90. The van der Waals surface area contributed by atoms with E-state index in [1.54, 1.807) is 0 Å². The van der Waals surface area contributed by atoms with Crippen molar-refractivity contribution in [1.82, 2.24) is 20.0 Å². The molecule has 3 atom stereocenters. The first-order chi connectivity index (χ1) is 10.8. The Bertz CT molecular complexity index is 327. The number of nitrogens with zero attached hydrogens (tertiary/aromatic N) is 3. The van der Waals surface area contributed by atoms with Gasteiger partial charge < -0.3 is 15.1 Å². The van der Waals surface area contributed by atoms with Gasteiger partial charge in [-0.2, -0.15) is 0 Å². The molecule has 3 aliphatic heterocycles. The molecular formula is C18H36N4. The fourth-order valence-corrected chi connectivity index (χ4v) is 4.68. The molecule has 0 aromatic carbocycles. The summed E-state index contributed by atoms with van der Waals surface area (Å²) in [6.07, 6.45) is 5.62. The molecule has 3 unspecified atom stereocenters. The molecule has 22 heavy (non-hydrogen) atoms. The monoisotopic (exact) mass is 308 g/mol. The van der Waals surface area contributed by atoms with Crippen LogP contribution in [0.4, 0.5) is 0 Å². The van der Waals surface area contributed by atoms with E-state index in [0.717, 1.165) is 18.0 Å². The Morgan fingerprint density at radius 2 is 1.82 bits per heavy atom. The minimum absolute atomic E-state index is 0.766. The van der Waals surface area contributed by atoms with E-state index in [1.165, 1.54) is 84.6 Å². The zero-order chi connectivity index (χ0) is 15.4. The molecule has 4 nitrogen and oxygen atoms in total. The smallest absolute Gasteiger partial charge is 0.0262 e. The van der Waals surface area contributed by atoms with Gasteiger partial charge in [0.05, 0.1) is 0 Å². The number of piperidine rings is 2. The first-order valence-corrected chi connectivity index (χ1v) is 9.69. The molecule has 0 aliphatic carbocycles. The van der Waals surface area contributed by atoms with Crippen molar-refractivity contribution in [3.8, 4) is 0 Å². The third-order valence-corrected chi connectivity index (χ3v) is 6.32. The van der Waals surface area contributed by atoms with Crippen LogP contribution in [0.25, 0.3) is 0 Å². The highest BCUT2D eigenvalue weighted by Crippen LogP contribution is 2.24. The lowest BCUT2D eigenvalue weighted by Gasteiger charge is -2.46. The summed E-state index contributed by atoms with van der Waals surface area (Å²) in [5.74, 6) is 0.870. The van der Waals surface area contributed by atoms with Crippen molar-refractivity contribution in [3.63, 3.8) is 0 Å². The van der Waals surface area contributed by atoms with Crippen LogP contribution in [0.15, 0.2) is 0 Å². The molecule has 1 N–H and O–H groups in total. The molecule has 3 heterocycles. The average Bonchev–Trinajstić information content (AvgIpc) is 2.58. The Morgan fingerprint density at radius 3 is 2.55 bits per heavy atom. The Kier molecular flexibility index (Phi) is 6.14. The normalized spacial score (nSPS) is 36.5. The molecule has 0 radical (unpaired) electrons. The first kappa shape index (κ1) is 16.7. The van der Waals surface area contributed by atoms with E-state index in [1.807, 2.05) is 0 Å². The van der Waals surface area contributed by atoms with Crippen LogP contribution in [0.2, 0.25) is 0 Å². The summed E-state index contributed by atoms with van der Waals surface area (Å²) < 4.78 is 0. The van der Waals surface area contributed by atoms with Crippen LogP contribution in [0, 0.1) is 5.92 Å². The molecule has 0 amide bonds. The minimum atomic E-state index is 0.766. The summed E-state index contributed by atoms with van der Waals surface area (Å²) >= 11 is 0. The van der Waals surface area contributed by atoms with Crippen LogP contribution in [0.1, 0.15) is 39.5 Å². The summed E-state index contributed by atoms with van der Waals surface area (Å²) in [5.41, 5.74) is 0. The second-order valence-electron chi connectivity index (χ2n) is 7.63. The Labute approximate surface area is 137 Å². The number of hydrogen-bond acceptors (Lipinski definition) is 4. The maximum Gasteiger partial charge on any atom is 0.0262 e. The second-order valence-corrected chi connectivity index (χ2v) is 7.63. The molecule has 128 valence electrons. The van der Waals surface area contributed by atoms with Crippen molar-refractivity contribution in [3.05, 3.63) is 0 Å². The number of hydrogen-bond donors (Lipinski definition) is 1. The molecule has 0 saturated carbocycles. The molecule has 3 rings (SSSR count). The van der Waals surface area contributed by atoms with Crippen LogP contribution < -0.4 is 5.32 Å². The Hall–Kier alpha value is -0.160. The largest absolute Gasteiger partial charge is 0.315 e. The van der Waals surface area contributed by atoms with Crippen LogP contribution in [-0.4, -0.2) is 85.7 Å². The summed E-state index contributed by atoms with van der Waals surface area (Å²) in [4.78, 5) is 8.17. The summed E-state index contributed by atoms with van der Waals surface area (Å²) in [6.45, 7) is 16.1. The van der Waals surface area contributed by atoms with Gasteiger partial charge in [-0.25, -0.2) is 0 Å². The van der Waals surface area contributed by atoms with Crippen molar-refractivity contribution >= 4 is 0 Å². The molecule has 0 aromatic heterocycles. The van der Waals surface area contributed by atoms with Gasteiger partial charge in [0.1, 0.15) is 0 Å². The maximum absolute atomic E-state index is 3.66. The van der Waals surface area contributed by atoms with Gasteiger partial charge in [-0.1, -0.05) is 13.3 Å². The van der Waals surface area contributed by atoms with E-state index in [2.05, 4.69) is 33.9 Å². The lowest BCUT2D eigenvalue weighted by atomic mass is 9.89. The van der Waals surface area contributed by atoms with Gasteiger partial charge in [-0.05, 0) is 51.7 Å². The van der Waals surface area contributed by atoms with Crippen molar-refractivity contribution in [2.24, 2.45) is 5.92 Å². The van der Waals surface area contributed by atoms with Crippen molar-refractivity contribution in [2.75, 3.05) is 58.9 Å². The summed E-state index contributed by atoms with van der Waals surface area (Å²) in [6, 6.07) is 1.57. The van der Waals surface area contributed by atoms with E-state index in [9.17, 15) is 0 Å². The fraction of sp³-hybridized carbons (Fsp3) is 1.00. The van der Waals surface area contributed by atoms with Gasteiger partial charge in [-0.3, -0.25) is 4.90 Å². The molecule has 3 aliphatic rings. The highest BCUT2D eigenvalue weighted by atomic mass is 15.3. The molecule has 0 aromatic rings. The number of likely N-dealkylation sites (tertiary alicyclic amines) is 1. The molecule has 0 bridgehead atoms. The third-order valence-electron chi connectivity index (χ3n) is 6.32. The maximum atomic E-state index is 3.66. The number of rotatable bonds is 4. The van der Waals surface area contributed by atoms with Crippen LogP contribution >= 0.6 is 0 Å². The SMILES string of the molecule is CCN1CCN(C2CNCCC2CN2CCCCC2C)CC1. The highest BCUT2D eigenvalue weighted by Gasteiger charge is 2.33. The lowest BCUT2D eigenvalue weighted by molar-refractivity contribution is 0.0337. The summed E-state index contributed by atoms with van der Waals surface area (Å²) in [5, 5.41) is 3.66. The second kappa shape index (κ2) is 8.09. The van der Waals surface area contributed by atoms with Crippen molar-refractivity contribution in [2.45, 2.75) is 51.6 Å². The van der Waals surface area contributed by atoms with Crippen molar-refractivity contribution in [1.29, 1.82) is 0 Å². The molecule has 4 heteroatoms. The van der Waals surface area contributed by atoms with Crippen LogP contribution in [-0.2, 0) is 0 Å². The number of piperazine rings is 1. The standard InChI is InChI=1S/C18H36N4/c1-3-20-10-12-21(13-11-20)18-14-19-8-7-17(18)15-22-9-5-4-6-16(22)2/h16-19H,3-15H2,1-2H3. The Morgan fingerprint density at radius 1 is 1.00 bits per heavy atom. The van der Waals surface area contributed by atoms with Gasteiger partial charge in [-0.15, -0.1) is 0 Å². The quantitative estimate of drug-likeness (QED) is 0.849. The van der Waals surface area contributed by atoms with E-state index >= 15 is 0 Å². The lowest BCUT2D eigenvalue weighted by Crippen LogP contribution is -2.59. The fourth-order valence-electron chi connectivity index (χ4n) is 4.68. The molecule has 0 spiro atoms. The molecule has 3 saturated heterocycles. The molecule has 3 fully saturated rings. The molecular weight excluding hydrogens is 272 g/mol. The van der Waals surface area contributed by atoms with E-state index in [0.29, 0.717) is 0 Å². The van der Waals surface area contributed by atoms with Crippen LogP contribution in [0.3, 0.4) is 0 Å². The average molecular weight is 309 g/mol. The van der Waals surface area contributed by atoms with E-state index in [4.69, 9.17) is 0 Å². The van der Waals surface area contributed by atoms with Gasteiger partial charge in [0.15, 0.2) is 0 Å². The summed E-state index contributed by atoms with van der Waals surface area (Å²) in [7, 11) is 0. The van der Waals surface area contributed by atoms with E-state index in [-0.39, 0.29) is 0 Å². The zero-order valence-electron chi connectivity index (χ0n) is 14.8. The topological polar surface area (TPSA) is 21.8 Å². The van der Waals surface area contributed by atoms with Crippen molar-refractivity contribution < 1.29 is 0 Å². The Balaban J connectivity index is 1.56. The van der Waals surface area contributed by atoms with Gasteiger partial charge in [0.2, 0.25) is 0 Å². The van der Waals surface area contributed by atoms with Gasteiger partial charge in [0.25, 0.3) is 0 Å². The number of nitrogens with one attached hydrogen (secondary N) is 1. The predicted octanol–water partition coefficient (Wildman–Crippen LogP) is 1.48. The third kappa shape index (κ3) is 4.02. The van der Waals surface area contributed by atoms with Gasteiger partial charge in [0, 0.05) is 51.4 Å². The number of likely N-dealkylation sites (N-methyl/N-ethyl adjacent to an activating group) is 1. The van der Waals surface area contributed by atoms with Crippen LogP contribution in [0.5, 0.6) is 0 Å². The zero-order valence-corrected chi connectivity index (χ0v) is 14.8. The van der Waals surface area contributed by atoms with Gasteiger partial charge >= 0.3 is 0 Å². The predicted molar refractivity (Wildman–Crippen MR) is 93.3 cm³/mol. The van der Waals surface area contributed by atoms with E-state index < -0.39 is 0 Å². The first-order valence-electron chi connectivity index (χ1n) is 9.69. The minimum Gasteiger partial charge on any atom is -0.315 e.